The molecular weight excluding hydrogens is 202 g/mol. The zero-order valence-electron chi connectivity index (χ0n) is 9.73. The molecule has 4 nitrogen and oxygen atoms in total. The largest absolute Gasteiger partial charge is 0.396 e. The highest BCUT2D eigenvalue weighted by atomic mass is 16.3. The van der Waals surface area contributed by atoms with E-state index in [0.717, 1.165) is 32.5 Å². The Kier molecular flexibility index (Phi) is 3.96. The fourth-order valence-corrected chi connectivity index (χ4v) is 2.09. The van der Waals surface area contributed by atoms with Gasteiger partial charge in [-0.05, 0) is 37.6 Å². The third kappa shape index (κ3) is 3.32. The van der Waals surface area contributed by atoms with Crippen LogP contribution in [-0.2, 0) is 6.54 Å². The molecule has 0 spiro atoms. The Labute approximate surface area is 96.7 Å². The number of aromatic nitrogens is 2. The van der Waals surface area contributed by atoms with Crippen LogP contribution in [0.3, 0.4) is 0 Å². The number of aliphatic hydroxyl groups is 1. The quantitative estimate of drug-likeness (QED) is 0.647. The van der Waals surface area contributed by atoms with Gasteiger partial charge in [-0.1, -0.05) is 0 Å². The van der Waals surface area contributed by atoms with Crippen molar-refractivity contribution in [1.82, 2.24) is 14.9 Å². The van der Waals surface area contributed by atoms with E-state index in [0.29, 0.717) is 12.0 Å². The van der Waals surface area contributed by atoms with E-state index in [4.69, 9.17) is 5.11 Å². The van der Waals surface area contributed by atoms with Gasteiger partial charge in [0.25, 0.3) is 0 Å². The van der Waals surface area contributed by atoms with Crippen molar-refractivity contribution in [1.29, 1.82) is 0 Å². The maximum absolute atomic E-state index is 8.93. The van der Waals surface area contributed by atoms with Crippen molar-refractivity contribution in [2.24, 2.45) is 5.41 Å². The van der Waals surface area contributed by atoms with Crippen LogP contribution in [0.15, 0.2) is 18.7 Å². The zero-order chi connectivity index (χ0) is 11.3. The Morgan fingerprint density at radius 2 is 2.31 bits per heavy atom. The molecule has 1 aliphatic carbocycles. The second-order valence-corrected chi connectivity index (χ2v) is 4.80. The molecule has 1 fully saturated rings. The Hall–Kier alpha value is -0.870. The zero-order valence-corrected chi connectivity index (χ0v) is 9.73. The highest BCUT2D eigenvalue weighted by Crippen LogP contribution is 2.47. The number of hydrogen-bond acceptors (Lipinski definition) is 3. The van der Waals surface area contributed by atoms with Crippen LogP contribution in [0.25, 0.3) is 0 Å². The molecule has 0 radical (unpaired) electrons. The first-order valence-electron chi connectivity index (χ1n) is 6.12. The monoisotopic (exact) mass is 223 g/mol. The number of aryl methyl sites for hydroxylation is 1. The van der Waals surface area contributed by atoms with Crippen molar-refractivity contribution in [3.05, 3.63) is 18.7 Å². The predicted octanol–water partition coefficient (Wildman–Crippen LogP) is 1.03. The molecule has 1 aromatic rings. The summed E-state index contributed by atoms with van der Waals surface area (Å²) in [7, 11) is 0. The van der Waals surface area contributed by atoms with Crippen molar-refractivity contribution in [2.75, 3.05) is 19.7 Å². The summed E-state index contributed by atoms with van der Waals surface area (Å²) < 4.78 is 2.10. The molecule has 0 aliphatic heterocycles. The number of aliphatic hydroxyl groups excluding tert-OH is 1. The lowest BCUT2D eigenvalue weighted by Crippen LogP contribution is -2.26. The number of nitrogens with zero attached hydrogens (tertiary/aromatic N) is 2. The normalized spacial score (nSPS) is 17.6. The molecule has 1 aromatic heterocycles. The minimum absolute atomic E-state index is 0.330. The molecule has 0 aromatic carbocycles. The molecule has 0 bridgehead atoms. The molecule has 1 aliphatic rings. The summed E-state index contributed by atoms with van der Waals surface area (Å²) >= 11 is 0. The second-order valence-electron chi connectivity index (χ2n) is 4.80. The van der Waals surface area contributed by atoms with Crippen LogP contribution in [0.1, 0.15) is 25.7 Å². The summed E-state index contributed by atoms with van der Waals surface area (Å²) in [5.74, 6) is 0. The lowest BCUT2D eigenvalue weighted by molar-refractivity contribution is 0.245. The number of hydrogen-bond donors (Lipinski definition) is 2. The molecule has 2 rings (SSSR count). The third-order valence-corrected chi connectivity index (χ3v) is 3.43. The van der Waals surface area contributed by atoms with E-state index in [9.17, 15) is 0 Å². The van der Waals surface area contributed by atoms with Crippen LogP contribution in [0.2, 0.25) is 0 Å². The molecule has 0 unspecified atom stereocenters. The molecular formula is C12H21N3O. The third-order valence-electron chi connectivity index (χ3n) is 3.43. The highest BCUT2D eigenvalue weighted by molar-refractivity contribution is 4.94. The van der Waals surface area contributed by atoms with Crippen molar-refractivity contribution >= 4 is 0 Å². The van der Waals surface area contributed by atoms with Gasteiger partial charge in [-0.2, -0.15) is 0 Å². The minimum Gasteiger partial charge on any atom is -0.396 e. The van der Waals surface area contributed by atoms with Gasteiger partial charge in [0, 0.05) is 32.1 Å². The first-order chi connectivity index (χ1) is 7.85. The van der Waals surface area contributed by atoms with Crippen molar-refractivity contribution in [3.8, 4) is 0 Å². The molecule has 1 heterocycles. The number of nitrogens with one attached hydrogen (secondary N) is 1. The second kappa shape index (κ2) is 5.46. The van der Waals surface area contributed by atoms with Crippen LogP contribution in [-0.4, -0.2) is 34.4 Å². The predicted molar refractivity (Wildman–Crippen MR) is 63.1 cm³/mol. The average molecular weight is 223 g/mol. The molecule has 2 N–H and O–H groups in total. The van der Waals surface area contributed by atoms with Gasteiger partial charge in [0.15, 0.2) is 0 Å². The van der Waals surface area contributed by atoms with E-state index in [1.165, 1.54) is 12.8 Å². The maximum atomic E-state index is 8.93. The van der Waals surface area contributed by atoms with E-state index in [1.807, 2.05) is 18.7 Å². The van der Waals surface area contributed by atoms with Gasteiger partial charge in [0.2, 0.25) is 0 Å². The summed E-state index contributed by atoms with van der Waals surface area (Å²) in [6.45, 7) is 3.47. The smallest absolute Gasteiger partial charge is 0.0945 e. The molecule has 0 amide bonds. The highest BCUT2D eigenvalue weighted by Gasteiger charge is 2.40. The Morgan fingerprint density at radius 1 is 1.44 bits per heavy atom. The van der Waals surface area contributed by atoms with Crippen LogP contribution < -0.4 is 5.32 Å². The van der Waals surface area contributed by atoms with E-state index >= 15 is 0 Å². The Balaban J connectivity index is 1.52. The van der Waals surface area contributed by atoms with Gasteiger partial charge in [-0.25, -0.2) is 4.98 Å². The molecule has 1 saturated carbocycles. The molecule has 16 heavy (non-hydrogen) atoms. The SMILES string of the molecule is OCCC1(CNCCCn2ccnc2)CC1. The standard InChI is InChI=1S/C12H21N3O/c16-9-4-12(2-3-12)10-13-5-1-7-15-8-6-14-11-15/h6,8,11,13,16H,1-5,7,9-10H2. The topological polar surface area (TPSA) is 50.1 Å². The first-order valence-corrected chi connectivity index (χ1v) is 6.12. The van der Waals surface area contributed by atoms with Crippen molar-refractivity contribution in [2.45, 2.75) is 32.2 Å². The van der Waals surface area contributed by atoms with Gasteiger partial charge in [-0.15, -0.1) is 0 Å². The van der Waals surface area contributed by atoms with E-state index in [2.05, 4.69) is 14.9 Å². The Morgan fingerprint density at radius 3 is 2.94 bits per heavy atom. The van der Waals surface area contributed by atoms with E-state index < -0.39 is 0 Å². The number of imidazole rings is 1. The summed E-state index contributed by atoms with van der Waals surface area (Å²) in [5, 5.41) is 12.4. The summed E-state index contributed by atoms with van der Waals surface area (Å²) in [5.41, 5.74) is 0.434. The lowest BCUT2D eigenvalue weighted by atomic mass is 10.0. The van der Waals surface area contributed by atoms with Gasteiger partial charge in [0.05, 0.1) is 6.33 Å². The van der Waals surface area contributed by atoms with Crippen molar-refractivity contribution < 1.29 is 5.11 Å². The van der Waals surface area contributed by atoms with Crippen molar-refractivity contribution in [3.63, 3.8) is 0 Å². The van der Waals surface area contributed by atoms with E-state index in [1.54, 1.807) is 0 Å². The van der Waals surface area contributed by atoms with Gasteiger partial charge >= 0.3 is 0 Å². The molecule has 4 heteroatoms. The number of rotatable bonds is 8. The van der Waals surface area contributed by atoms with Crippen LogP contribution >= 0.6 is 0 Å². The van der Waals surface area contributed by atoms with Crippen LogP contribution in [0.5, 0.6) is 0 Å². The molecule has 0 atom stereocenters. The Bertz CT molecular complexity index is 293. The lowest BCUT2D eigenvalue weighted by Gasteiger charge is -2.14. The van der Waals surface area contributed by atoms with Gasteiger partial charge < -0.3 is 15.0 Å². The van der Waals surface area contributed by atoms with Gasteiger partial charge in [0.1, 0.15) is 0 Å². The maximum Gasteiger partial charge on any atom is 0.0945 e. The summed E-state index contributed by atoms with van der Waals surface area (Å²) in [6, 6.07) is 0. The summed E-state index contributed by atoms with van der Waals surface area (Å²) in [6.07, 6.45) is 10.3. The van der Waals surface area contributed by atoms with Crippen LogP contribution in [0.4, 0.5) is 0 Å². The minimum atomic E-state index is 0.330. The van der Waals surface area contributed by atoms with Crippen LogP contribution in [0, 0.1) is 5.41 Å². The summed E-state index contributed by atoms with van der Waals surface area (Å²) in [4.78, 5) is 4.01. The molecule has 0 saturated heterocycles. The first kappa shape index (κ1) is 11.6. The molecule has 90 valence electrons. The average Bonchev–Trinajstić information content (AvgIpc) is 2.85. The van der Waals surface area contributed by atoms with E-state index in [-0.39, 0.29) is 0 Å². The fraction of sp³-hybridized carbons (Fsp3) is 0.750. The fourth-order valence-electron chi connectivity index (χ4n) is 2.09. The van der Waals surface area contributed by atoms with Gasteiger partial charge in [-0.3, -0.25) is 0 Å².